The van der Waals surface area contributed by atoms with Gasteiger partial charge in [-0.1, -0.05) is 0 Å². The first-order valence-electron chi connectivity index (χ1n) is 4.03. The van der Waals surface area contributed by atoms with Crippen molar-refractivity contribution >= 4 is 17.2 Å². The molecule has 0 radical (unpaired) electrons. The summed E-state index contributed by atoms with van der Waals surface area (Å²) < 4.78 is 0. The molecule has 72 valence electrons. The molecule has 1 heterocycles. The molecule has 1 aromatic heterocycles. The third-order valence-corrected chi connectivity index (χ3v) is 2.51. The molecule has 4 nitrogen and oxygen atoms in total. The van der Waals surface area contributed by atoms with Crippen molar-refractivity contribution in [2.45, 2.75) is 26.4 Å². The fraction of sp³-hybridized carbons (Fsp3) is 0.500. The Hall–Kier alpha value is -0.940. The van der Waals surface area contributed by atoms with Crippen molar-refractivity contribution in [1.82, 2.24) is 10.3 Å². The standard InChI is InChI=1S/C8H13N3OS/c1-5(8(9)12)10-3-7-4-13-6(2)11-7/h4-5,10H,3H2,1-2H3,(H2,9,12). The maximum absolute atomic E-state index is 10.7. The lowest BCUT2D eigenvalue weighted by Crippen LogP contribution is -2.38. The fourth-order valence-electron chi connectivity index (χ4n) is 0.848. The molecular formula is C8H13N3OS. The Labute approximate surface area is 81.2 Å². The number of hydrogen-bond donors (Lipinski definition) is 2. The summed E-state index contributed by atoms with van der Waals surface area (Å²) in [6, 6.07) is -0.304. The molecule has 1 amide bonds. The maximum atomic E-state index is 10.7. The summed E-state index contributed by atoms with van der Waals surface area (Å²) in [6.07, 6.45) is 0. The second-order valence-electron chi connectivity index (χ2n) is 2.86. The second kappa shape index (κ2) is 4.34. The summed E-state index contributed by atoms with van der Waals surface area (Å²) in [5, 5.41) is 5.98. The van der Waals surface area contributed by atoms with Gasteiger partial charge in [0.1, 0.15) is 0 Å². The average molecular weight is 199 g/mol. The number of carbonyl (C=O) groups is 1. The highest BCUT2D eigenvalue weighted by molar-refractivity contribution is 7.09. The summed E-state index contributed by atoms with van der Waals surface area (Å²) in [5.74, 6) is -0.341. The largest absolute Gasteiger partial charge is 0.368 e. The van der Waals surface area contributed by atoms with Gasteiger partial charge in [0.05, 0.1) is 16.7 Å². The summed E-state index contributed by atoms with van der Waals surface area (Å²) in [6.45, 7) is 4.28. The molecule has 0 aromatic carbocycles. The van der Waals surface area contributed by atoms with Crippen LogP contribution >= 0.6 is 11.3 Å². The minimum atomic E-state index is -0.341. The average Bonchev–Trinajstić information content (AvgIpc) is 2.47. The summed E-state index contributed by atoms with van der Waals surface area (Å²) in [4.78, 5) is 14.9. The van der Waals surface area contributed by atoms with E-state index in [1.807, 2.05) is 12.3 Å². The van der Waals surface area contributed by atoms with Crippen molar-refractivity contribution in [3.63, 3.8) is 0 Å². The highest BCUT2D eigenvalue weighted by Crippen LogP contribution is 2.07. The van der Waals surface area contributed by atoms with Crippen molar-refractivity contribution in [3.8, 4) is 0 Å². The Kier molecular flexibility index (Phi) is 3.39. The number of primary amides is 1. The highest BCUT2D eigenvalue weighted by Gasteiger charge is 2.07. The zero-order valence-corrected chi connectivity index (χ0v) is 8.52. The molecule has 0 spiro atoms. The Balaban J connectivity index is 2.39. The predicted molar refractivity (Wildman–Crippen MR) is 52.3 cm³/mol. The molecule has 1 rings (SSSR count). The third kappa shape index (κ3) is 3.12. The van der Waals surface area contributed by atoms with Crippen LogP contribution in [0, 0.1) is 6.92 Å². The van der Waals surface area contributed by atoms with Gasteiger partial charge in [0, 0.05) is 11.9 Å². The first-order valence-corrected chi connectivity index (χ1v) is 4.91. The minimum Gasteiger partial charge on any atom is -0.368 e. The van der Waals surface area contributed by atoms with Crippen LogP contribution in [0.1, 0.15) is 17.6 Å². The number of aromatic nitrogens is 1. The van der Waals surface area contributed by atoms with Gasteiger partial charge in [-0.25, -0.2) is 4.98 Å². The molecule has 13 heavy (non-hydrogen) atoms. The lowest BCUT2D eigenvalue weighted by Gasteiger charge is -2.07. The number of amides is 1. The Bertz CT molecular complexity index is 297. The topological polar surface area (TPSA) is 68.0 Å². The smallest absolute Gasteiger partial charge is 0.234 e. The molecule has 0 saturated carbocycles. The van der Waals surface area contributed by atoms with Crippen molar-refractivity contribution < 1.29 is 4.79 Å². The SMILES string of the molecule is Cc1nc(CNC(C)C(N)=O)cs1. The van der Waals surface area contributed by atoms with Crippen molar-refractivity contribution in [2.75, 3.05) is 0 Å². The highest BCUT2D eigenvalue weighted by atomic mass is 32.1. The summed E-state index contributed by atoms with van der Waals surface area (Å²) >= 11 is 1.60. The molecule has 0 fully saturated rings. The van der Waals surface area contributed by atoms with Gasteiger partial charge in [-0.05, 0) is 13.8 Å². The van der Waals surface area contributed by atoms with Gasteiger partial charge in [-0.15, -0.1) is 11.3 Å². The van der Waals surface area contributed by atoms with Gasteiger partial charge in [0.25, 0.3) is 0 Å². The second-order valence-corrected chi connectivity index (χ2v) is 3.93. The number of aryl methyl sites for hydroxylation is 1. The quantitative estimate of drug-likeness (QED) is 0.738. The molecule has 1 unspecified atom stereocenters. The van der Waals surface area contributed by atoms with E-state index >= 15 is 0 Å². The van der Waals surface area contributed by atoms with Gasteiger partial charge in [0.15, 0.2) is 0 Å². The van der Waals surface area contributed by atoms with E-state index in [2.05, 4.69) is 10.3 Å². The number of thiazole rings is 1. The van der Waals surface area contributed by atoms with Crippen LogP contribution in [0.15, 0.2) is 5.38 Å². The van der Waals surface area contributed by atoms with Gasteiger partial charge in [0.2, 0.25) is 5.91 Å². The number of carbonyl (C=O) groups excluding carboxylic acids is 1. The number of nitrogens with zero attached hydrogens (tertiary/aromatic N) is 1. The molecule has 1 atom stereocenters. The zero-order valence-electron chi connectivity index (χ0n) is 7.70. The van der Waals surface area contributed by atoms with Crippen LogP contribution < -0.4 is 11.1 Å². The number of nitrogens with one attached hydrogen (secondary N) is 1. The number of hydrogen-bond acceptors (Lipinski definition) is 4. The summed E-state index contributed by atoms with van der Waals surface area (Å²) in [5.41, 5.74) is 6.04. The predicted octanol–water partition coefficient (Wildman–Crippen LogP) is 0.415. The third-order valence-electron chi connectivity index (χ3n) is 1.68. The van der Waals surface area contributed by atoms with Crippen LogP contribution in [0.25, 0.3) is 0 Å². The molecule has 0 aliphatic rings. The monoisotopic (exact) mass is 199 g/mol. The van der Waals surface area contributed by atoms with Crippen LogP contribution in [0.5, 0.6) is 0 Å². The molecule has 0 bridgehead atoms. The van der Waals surface area contributed by atoms with Crippen molar-refractivity contribution in [1.29, 1.82) is 0 Å². The van der Waals surface area contributed by atoms with Crippen LogP contribution in [0.2, 0.25) is 0 Å². The van der Waals surface area contributed by atoms with E-state index in [0.29, 0.717) is 6.54 Å². The van der Waals surface area contributed by atoms with E-state index in [0.717, 1.165) is 10.7 Å². The summed E-state index contributed by atoms with van der Waals surface area (Å²) in [7, 11) is 0. The van der Waals surface area contributed by atoms with E-state index in [-0.39, 0.29) is 11.9 Å². The number of rotatable bonds is 4. The first kappa shape index (κ1) is 10.1. The fourth-order valence-corrected chi connectivity index (χ4v) is 1.46. The molecule has 1 aromatic rings. The van der Waals surface area contributed by atoms with E-state index in [1.54, 1.807) is 18.3 Å². The lowest BCUT2D eigenvalue weighted by atomic mass is 10.3. The van der Waals surface area contributed by atoms with Crippen LogP contribution in [-0.4, -0.2) is 16.9 Å². The Morgan fingerprint density at radius 2 is 2.54 bits per heavy atom. The van der Waals surface area contributed by atoms with E-state index in [9.17, 15) is 4.79 Å². The molecule has 0 aliphatic carbocycles. The van der Waals surface area contributed by atoms with Crippen molar-refractivity contribution in [2.24, 2.45) is 5.73 Å². The van der Waals surface area contributed by atoms with Crippen LogP contribution in [0.4, 0.5) is 0 Å². The number of nitrogens with two attached hydrogens (primary N) is 1. The van der Waals surface area contributed by atoms with Crippen molar-refractivity contribution in [3.05, 3.63) is 16.1 Å². The molecule has 5 heteroatoms. The van der Waals surface area contributed by atoms with E-state index < -0.39 is 0 Å². The molecule has 0 aliphatic heterocycles. The minimum absolute atomic E-state index is 0.304. The molecule has 3 N–H and O–H groups in total. The normalized spacial score (nSPS) is 12.8. The van der Waals surface area contributed by atoms with Gasteiger partial charge in [-0.2, -0.15) is 0 Å². The van der Waals surface area contributed by atoms with Gasteiger partial charge < -0.3 is 11.1 Å². The van der Waals surface area contributed by atoms with Gasteiger partial charge in [-0.3, -0.25) is 4.79 Å². The van der Waals surface area contributed by atoms with Crippen LogP contribution in [-0.2, 0) is 11.3 Å². The first-order chi connectivity index (χ1) is 6.09. The maximum Gasteiger partial charge on any atom is 0.234 e. The van der Waals surface area contributed by atoms with Crippen LogP contribution in [0.3, 0.4) is 0 Å². The molecule has 0 saturated heterocycles. The van der Waals surface area contributed by atoms with Gasteiger partial charge >= 0.3 is 0 Å². The Morgan fingerprint density at radius 3 is 3.00 bits per heavy atom. The lowest BCUT2D eigenvalue weighted by molar-refractivity contribution is -0.119. The van der Waals surface area contributed by atoms with E-state index in [1.165, 1.54) is 0 Å². The zero-order chi connectivity index (χ0) is 9.84. The van der Waals surface area contributed by atoms with E-state index in [4.69, 9.17) is 5.73 Å². The molecular weight excluding hydrogens is 186 g/mol. The Morgan fingerprint density at radius 1 is 1.85 bits per heavy atom.